The molecule has 0 spiro atoms. The van der Waals surface area contributed by atoms with E-state index in [4.69, 9.17) is 0 Å². The fraction of sp³-hybridized carbons (Fsp3) is 0.0667. The third-order valence-corrected chi connectivity index (χ3v) is 3.34. The van der Waals surface area contributed by atoms with Crippen LogP contribution >= 0.6 is 0 Å². The van der Waals surface area contributed by atoms with Crippen LogP contribution in [0.15, 0.2) is 58.5 Å². The molecular formula is C15H12N2NaO2. The average Bonchev–Trinajstić information content (AvgIpc) is 2.55. The third-order valence-electron chi connectivity index (χ3n) is 3.34. The maximum Gasteiger partial charge on any atom is 0.280 e. The van der Waals surface area contributed by atoms with Gasteiger partial charge >= 0.3 is 0 Å². The summed E-state index contributed by atoms with van der Waals surface area (Å²) < 4.78 is 1.50. The Labute approximate surface area is 137 Å². The summed E-state index contributed by atoms with van der Waals surface area (Å²) in [7, 11) is 1.68. The number of para-hydroxylation sites is 1. The first-order chi connectivity index (χ1) is 9.24. The molecule has 0 atom stereocenters. The fourth-order valence-corrected chi connectivity index (χ4v) is 2.40. The van der Waals surface area contributed by atoms with Crippen molar-refractivity contribution in [2.75, 3.05) is 0 Å². The topological polar surface area (TPSA) is 54.6 Å². The molecule has 0 saturated carbocycles. The van der Waals surface area contributed by atoms with E-state index in [0.29, 0.717) is 5.39 Å². The van der Waals surface area contributed by atoms with E-state index < -0.39 is 0 Å². The van der Waals surface area contributed by atoms with Gasteiger partial charge in [-0.05, 0) is 11.5 Å². The van der Waals surface area contributed by atoms with E-state index in [2.05, 4.69) is 5.16 Å². The minimum atomic E-state index is -0.320. The zero-order chi connectivity index (χ0) is 13.4. The van der Waals surface area contributed by atoms with Gasteiger partial charge in [-0.25, -0.2) is 0 Å². The van der Waals surface area contributed by atoms with Crippen LogP contribution in [0.3, 0.4) is 0 Å². The SMILES string of the molecule is Cn1c(=O)c(=NO)c2ccccc2c2ccccc21.[Na]. The molecule has 95 valence electrons. The zero-order valence-electron chi connectivity index (χ0n) is 11.4. The number of hydrogen-bond acceptors (Lipinski definition) is 3. The molecule has 0 saturated heterocycles. The van der Waals surface area contributed by atoms with E-state index in [0.717, 1.165) is 16.3 Å². The molecule has 0 aliphatic rings. The summed E-state index contributed by atoms with van der Waals surface area (Å²) in [5.74, 6) is 0. The van der Waals surface area contributed by atoms with Crippen molar-refractivity contribution >= 4 is 51.2 Å². The molecule has 0 fully saturated rings. The van der Waals surface area contributed by atoms with Crippen molar-refractivity contribution in [2.24, 2.45) is 12.2 Å². The van der Waals surface area contributed by atoms with Crippen LogP contribution < -0.4 is 10.9 Å². The molecule has 1 heterocycles. The number of benzene rings is 2. The van der Waals surface area contributed by atoms with Gasteiger partial charge in [0.25, 0.3) is 5.56 Å². The number of aryl methyl sites for hydroxylation is 1. The summed E-state index contributed by atoms with van der Waals surface area (Å²) in [4.78, 5) is 12.3. The molecular weight excluding hydrogens is 263 g/mol. The molecule has 0 unspecified atom stereocenters. The van der Waals surface area contributed by atoms with Gasteiger partial charge in [-0.3, -0.25) is 4.79 Å². The first-order valence-corrected chi connectivity index (χ1v) is 5.93. The molecule has 0 amide bonds. The second kappa shape index (κ2) is 5.79. The van der Waals surface area contributed by atoms with Crippen LogP contribution in [0, 0.1) is 0 Å². The molecule has 20 heavy (non-hydrogen) atoms. The number of nitrogens with zero attached hydrogens (tertiary/aromatic N) is 2. The summed E-state index contributed by atoms with van der Waals surface area (Å²) >= 11 is 0. The van der Waals surface area contributed by atoms with Gasteiger partial charge < -0.3 is 9.77 Å². The van der Waals surface area contributed by atoms with E-state index in [1.165, 1.54) is 4.57 Å². The smallest absolute Gasteiger partial charge is 0.280 e. The standard InChI is InChI=1S/C15H12N2O2.Na/c1-17-13-9-5-4-7-11(13)10-6-2-3-8-12(10)14(16-19)15(17)18;/h2-9,19H,1H3;. The van der Waals surface area contributed by atoms with Crippen molar-refractivity contribution < 1.29 is 5.21 Å². The van der Waals surface area contributed by atoms with Crippen LogP contribution in [-0.2, 0) is 7.05 Å². The molecule has 1 radical (unpaired) electrons. The van der Waals surface area contributed by atoms with Crippen molar-refractivity contribution in [1.29, 1.82) is 0 Å². The molecule has 5 heteroatoms. The minimum absolute atomic E-state index is 0. The number of aromatic nitrogens is 1. The Morgan fingerprint density at radius 1 is 0.950 bits per heavy atom. The van der Waals surface area contributed by atoms with Gasteiger partial charge in [0.15, 0.2) is 5.36 Å². The predicted octanol–water partition coefficient (Wildman–Crippen LogP) is 1.60. The summed E-state index contributed by atoms with van der Waals surface area (Å²) in [6, 6.07) is 15.1. The van der Waals surface area contributed by atoms with Crippen LogP contribution in [0.5, 0.6) is 0 Å². The van der Waals surface area contributed by atoms with E-state index in [9.17, 15) is 10.0 Å². The van der Waals surface area contributed by atoms with Gasteiger partial charge in [-0.2, -0.15) is 0 Å². The molecule has 0 bridgehead atoms. The van der Waals surface area contributed by atoms with Crippen molar-refractivity contribution in [3.8, 4) is 0 Å². The van der Waals surface area contributed by atoms with Crippen molar-refractivity contribution in [3.63, 3.8) is 0 Å². The maximum absolute atomic E-state index is 12.3. The van der Waals surface area contributed by atoms with Gasteiger partial charge in [0.05, 0.1) is 5.52 Å². The van der Waals surface area contributed by atoms with Crippen LogP contribution in [-0.4, -0.2) is 39.3 Å². The molecule has 0 aliphatic carbocycles. The van der Waals surface area contributed by atoms with Crippen LogP contribution in [0.4, 0.5) is 0 Å². The number of rotatable bonds is 0. The van der Waals surface area contributed by atoms with Gasteiger partial charge in [-0.15, -0.1) is 0 Å². The van der Waals surface area contributed by atoms with Gasteiger partial charge in [-0.1, -0.05) is 47.6 Å². The second-order valence-electron chi connectivity index (χ2n) is 4.38. The molecule has 3 rings (SSSR count). The quantitative estimate of drug-likeness (QED) is 0.385. The molecule has 0 aliphatic heterocycles. The van der Waals surface area contributed by atoms with Gasteiger partial charge in [0, 0.05) is 47.4 Å². The minimum Gasteiger partial charge on any atom is -0.410 e. The second-order valence-corrected chi connectivity index (χ2v) is 4.38. The monoisotopic (exact) mass is 275 g/mol. The Kier molecular flexibility index (Phi) is 4.28. The largest absolute Gasteiger partial charge is 0.410 e. The van der Waals surface area contributed by atoms with Crippen molar-refractivity contribution in [3.05, 3.63) is 64.2 Å². The van der Waals surface area contributed by atoms with E-state index >= 15 is 0 Å². The average molecular weight is 275 g/mol. The Bertz CT molecular complexity index is 917. The summed E-state index contributed by atoms with van der Waals surface area (Å²) in [6.07, 6.45) is 0. The first kappa shape index (κ1) is 14.8. The van der Waals surface area contributed by atoms with Crippen LogP contribution in [0.1, 0.15) is 0 Å². The number of fused-ring (bicyclic) bond motifs is 3. The molecule has 4 nitrogen and oxygen atoms in total. The Balaban J connectivity index is 0.00000147. The third kappa shape index (κ3) is 2.16. The van der Waals surface area contributed by atoms with Gasteiger partial charge in [0.2, 0.25) is 0 Å². The van der Waals surface area contributed by atoms with Crippen LogP contribution in [0.25, 0.3) is 21.7 Å². The molecule has 1 N–H and O–H groups in total. The number of hydrogen-bond donors (Lipinski definition) is 1. The Morgan fingerprint density at radius 3 is 2.15 bits per heavy atom. The molecule has 1 aromatic heterocycles. The van der Waals surface area contributed by atoms with E-state index in [1.54, 1.807) is 13.1 Å². The van der Waals surface area contributed by atoms with E-state index in [-0.39, 0.29) is 40.5 Å². The first-order valence-electron chi connectivity index (χ1n) is 5.93. The summed E-state index contributed by atoms with van der Waals surface area (Å²) in [6.45, 7) is 0. The van der Waals surface area contributed by atoms with Crippen molar-refractivity contribution in [2.45, 2.75) is 0 Å². The van der Waals surface area contributed by atoms with Crippen LogP contribution in [0.2, 0.25) is 0 Å². The Morgan fingerprint density at radius 2 is 1.50 bits per heavy atom. The van der Waals surface area contributed by atoms with E-state index in [1.807, 2.05) is 42.5 Å². The predicted molar refractivity (Wildman–Crippen MR) is 79.8 cm³/mol. The zero-order valence-corrected chi connectivity index (χ0v) is 13.4. The Hall–Kier alpha value is -1.62. The maximum atomic E-state index is 12.3. The van der Waals surface area contributed by atoms with Gasteiger partial charge in [0.1, 0.15) is 0 Å². The normalized spacial score (nSPS) is 11.6. The molecule has 3 aromatic rings. The van der Waals surface area contributed by atoms with Crippen molar-refractivity contribution in [1.82, 2.24) is 4.57 Å². The summed E-state index contributed by atoms with van der Waals surface area (Å²) in [5.41, 5.74) is 0.485. The molecule has 2 aromatic carbocycles. The fourth-order valence-electron chi connectivity index (χ4n) is 2.40. The summed E-state index contributed by atoms with van der Waals surface area (Å²) in [5, 5.41) is 14.9.